The second-order valence-electron chi connectivity index (χ2n) is 15.2. The third kappa shape index (κ3) is 44.6. The van der Waals surface area contributed by atoms with Crippen LogP contribution in [0.2, 0.25) is 0 Å². The molecule has 0 radical (unpaired) electrons. The highest BCUT2D eigenvalue weighted by molar-refractivity contribution is 5.92. The molecule has 16 nitrogen and oxygen atoms in total. The van der Waals surface area contributed by atoms with Crippen molar-refractivity contribution in [2.75, 3.05) is 52.7 Å². The van der Waals surface area contributed by atoms with Crippen LogP contribution in [0.5, 0.6) is 0 Å². The molecule has 0 aliphatic heterocycles. The molecular weight excluding hydrogens is 925 g/mol. The summed E-state index contributed by atoms with van der Waals surface area (Å²) in [6.45, 7) is 36.7. The molecule has 0 bridgehead atoms. The van der Waals surface area contributed by atoms with Crippen LogP contribution in [0.25, 0.3) is 12.2 Å². The summed E-state index contributed by atoms with van der Waals surface area (Å²) < 4.78 is 29.6. The highest BCUT2D eigenvalue weighted by Crippen LogP contribution is 2.06. The van der Waals surface area contributed by atoms with E-state index in [1.54, 1.807) is 39.8 Å². The predicted octanol–water partition coefficient (Wildman–Crippen LogP) is 8.72. The fourth-order valence-corrected chi connectivity index (χ4v) is 3.95. The van der Waals surface area contributed by atoms with Crippen LogP contribution in [-0.4, -0.2) is 100 Å². The van der Waals surface area contributed by atoms with Crippen molar-refractivity contribution in [2.24, 2.45) is 17.8 Å². The van der Waals surface area contributed by atoms with Gasteiger partial charge in [0.25, 0.3) is 0 Å². The summed E-state index contributed by atoms with van der Waals surface area (Å²) in [4.78, 5) is 87.5. The Kier molecular flexibility index (Phi) is 44.7. The van der Waals surface area contributed by atoms with Crippen LogP contribution in [0, 0.1) is 17.8 Å². The van der Waals surface area contributed by atoms with Crippen molar-refractivity contribution in [1.82, 2.24) is 10.6 Å². The number of carbonyl (C=O) groups is 8. The van der Waals surface area contributed by atoms with E-state index in [9.17, 15) is 38.4 Å². The van der Waals surface area contributed by atoms with Crippen molar-refractivity contribution < 1.29 is 66.8 Å². The molecule has 16 heteroatoms. The van der Waals surface area contributed by atoms with E-state index in [2.05, 4.69) is 50.1 Å². The number of benzene rings is 2. The molecule has 2 rings (SSSR count). The lowest BCUT2D eigenvalue weighted by atomic mass is 10.2. The topological polar surface area (TPSA) is 216 Å². The predicted molar refractivity (Wildman–Crippen MR) is 283 cm³/mol. The van der Waals surface area contributed by atoms with E-state index < -0.39 is 35.8 Å². The Morgan fingerprint density at radius 1 is 0.472 bits per heavy atom. The van der Waals surface area contributed by atoms with Gasteiger partial charge in [-0.15, -0.1) is 0 Å². The second kappa shape index (κ2) is 45.6. The number of likely N-dealkylation sites (N-methyl/N-ethyl adjacent to an activating group) is 2. The number of amides is 2. The van der Waals surface area contributed by atoms with Gasteiger partial charge in [0, 0.05) is 71.9 Å². The van der Waals surface area contributed by atoms with Crippen molar-refractivity contribution >= 4 is 59.8 Å². The molecule has 0 aromatic heterocycles. The summed E-state index contributed by atoms with van der Waals surface area (Å²) in [7, 11) is 0. The van der Waals surface area contributed by atoms with E-state index in [4.69, 9.17) is 28.4 Å². The van der Waals surface area contributed by atoms with Gasteiger partial charge in [0.15, 0.2) is 0 Å². The smallest absolute Gasteiger partial charge is 0.333 e. The maximum Gasteiger partial charge on any atom is 0.333 e. The van der Waals surface area contributed by atoms with Crippen molar-refractivity contribution in [3.05, 3.63) is 158 Å². The maximum atomic E-state index is 11.7. The van der Waals surface area contributed by atoms with Gasteiger partial charge in [-0.05, 0) is 64.0 Å². The summed E-state index contributed by atoms with van der Waals surface area (Å²) in [5, 5.41) is 5.14. The quantitative estimate of drug-likeness (QED) is 0.0572. The lowest BCUT2D eigenvalue weighted by Gasteiger charge is -2.12. The molecule has 0 heterocycles. The van der Waals surface area contributed by atoms with Gasteiger partial charge in [-0.3, -0.25) is 9.59 Å². The van der Waals surface area contributed by atoms with Crippen LogP contribution in [0.15, 0.2) is 147 Å². The first-order valence-corrected chi connectivity index (χ1v) is 22.4. The fourth-order valence-electron chi connectivity index (χ4n) is 3.95. The average Bonchev–Trinajstić information content (AvgIpc) is 3.36. The molecule has 0 saturated carbocycles. The van der Waals surface area contributed by atoms with Crippen LogP contribution in [0.3, 0.4) is 0 Å². The van der Waals surface area contributed by atoms with E-state index in [0.29, 0.717) is 29.8 Å². The Bertz CT molecular complexity index is 1950. The standard InChI is InChI=1S/C22H22O4.C12H18O4.C10H14O4.C6H11NO.C5H9NO.CH4/c1-18(16-25-21(23)14-12-19-8-4-2-5-9-19)17-26-22(24)15-13-20-10-6-3-7-11-20;1-8(2)11(13)15-6-10(5)7-16-12(14)9(3)4;1-4-9(11)13-6-8(3)7-14-10(12)5-2;1-4-7-6(8)5(2)3;1-3-5(7)6-4-2;/h2-15,18H,16-17H2,1H3;10H,1,3,6-7H2,2,4-5H3;4-5,8H,1-2,6-7H2,3H3;2,4H2,1,3H3,(H,7,8);3H,1,4H2,2H3,(H,6,7);1H4/b14-12+,15-13+;;;;;. The minimum Gasteiger partial charge on any atom is -0.462 e. The Hall–Kier alpha value is -7.88. The molecule has 0 fully saturated rings. The molecule has 0 aliphatic rings. The summed E-state index contributed by atoms with van der Waals surface area (Å²) >= 11 is 0. The number of rotatable bonds is 24. The van der Waals surface area contributed by atoms with Crippen molar-refractivity contribution in [3.63, 3.8) is 0 Å². The molecule has 0 unspecified atom stereocenters. The maximum absolute atomic E-state index is 11.7. The number of hydrogen-bond acceptors (Lipinski definition) is 14. The third-order valence-electron chi connectivity index (χ3n) is 7.75. The zero-order chi connectivity index (χ0) is 54.6. The fraction of sp³-hybridized carbons (Fsp3) is 0.357. The Morgan fingerprint density at radius 2 is 0.778 bits per heavy atom. The molecule has 0 aliphatic carbocycles. The zero-order valence-corrected chi connectivity index (χ0v) is 42.7. The molecule has 2 aromatic rings. The number of esters is 6. The molecule has 0 spiro atoms. The largest absolute Gasteiger partial charge is 0.462 e. The molecule has 2 amide bonds. The monoisotopic (exact) mass is 1000 g/mol. The number of nitrogens with one attached hydrogen (secondary N) is 2. The third-order valence-corrected chi connectivity index (χ3v) is 7.75. The van der Waals surface area contributed by atoms with Crippen LogP contribution in [0.4, 0.5) is 0 Å². The van der Waals surface area contributed by atoms with Gasteiger partial charge < -0.3 is 39.1 Å². The van der Waals surface area contributed by atoms with Crippen LogP contribution in [-0.2, 0) is 66.8 Å². The lowest BCUT2D eigenvalue weighted by molar-refractivity contribution is -0.145. The van der Waals surface area contributed by atoms with E-state index in [1.165, 1.54) is 18.2 Å². The first-order valence-electron chi connectivity index (χ1n) is 22.4. The summed E-state index contributed by atoms with van der Waals surface area (Å²) in [6, 6.07) is 19.0. The van der Waals surface area contributed by atoms with E-state index in [0.717, 1.165) is 23.3 Å². The molecule has 0 atom stereocenters. The van der Waals surface area contributed by atoms with Gasteiger partial charge in [0.2, 0.25) is 11.8 Å². The highest BCUT2D eigenvalue weighted by Gasteiger charge is 2.12. The highest BCUT2D eigenvalue weighted by atomic mass is 16.6. The molecule has 2 N–H and O–H groups in total. The molecule has 396 valence electrons. The Balaban J connectivity index is -0.000000435. The Morgan fingerprint density at radius 3 is 1.01 bits per heavy atom. The van der Waals surface area contributed by atoms with Crippen molar-refractivity contribution in [2.45, 2.75) is 62.8 Å². The van der Waals surface area contributed by atoms with Crippen molar-refractivity contribution in [3.8, 4) is 0 Å². The normalized spacial score (nSPS) is 9.65. The van der Waals surface area contributed by atoms with Crippen LogP contribution < -0.4 is 10.6 Å². The summed E-state index contributed by atoms with van der Waals surface area (Å²) in [5.74, 6) is -3.01. The summed E-state index contributed by atoms with van der Waals surface area (Å²) in [5.41, 5.74) is 3.12. The van der Waals surface area contributed by atoms with Gasteiger partial charge in [-0.2, -0.15) is 0 Å². The number of hydrogen-bond donors (Lipinski definition) is 2. The van der Waals surface area contributed by atoms with Crippen molar-refractivity contribution in [1.29, 1.82) is 0 Å². The van der Waals surface area contributed by atoms with E-state index >= 15 is 0 Å². The minimum absolute atomic E-state index is 0. The molecule has 0 saturated heterocycles. The Labute approximate surface area is 427 Å². The molecule has 72 heavy (non-hydrogen) atoms. The second-order valence-corrected chi connectivity index (χ2v) is 15.2. The first-order chi connectivity index (χ1) is 33.6. The molecule has 2 aromatic carbocycles. The number of carbonyl (C=O) groups excluding carboxylic acids is 8. The minimum atomic E-state index is -0.480. The van der Waals surface area contributed by atoms with Gasteiger partial charge in [-0.25, -0.2) is 28.8 Å². The molecular formula is C56H78N2O14. The van der Waals surface area contributed by atoms with Gasteiger partial charge >= 0.3 is 35.8 Å². The van der Waals surface area contributed by atoms with Gasteiger partial charge in [0.1, 0.15) is 0 Å². The van der Waals surface area contributed by atoms with Gasteiger partial charge in [0.05, 0.1) is 39.6 Å². The van der Waals surface area contributed by atoms with Crippen LogP contribution in [0.1, 0.15) is 73.9 Å². The SMILES string of the molecule is C.C=C(C)C(=O)NCC.C=C(C)C(=O)OCC(C)COC(=O)C(=C)C.C=CC(=O)NCC.C=CC(=O)OCC(C)COC(=O)C=C.CC(COC(=O)/C=C/c1ccccc1)COC(=O)/C=C/c1ccccc1. The van der Waals surface area contributed by atoms with E-state index in [1.807, 2.05) is 88.4 Å². The van der Waals surface area contributed by atoms with E-state index in [-0.39, 0.29) is 76.6 Å². The van der Waals surface area contributed by atoms with Crippen LogP contribution >= 0.6 is 0 Å². The number of ether oxygens (including phenoxy) is 6. The zero-order valence-electron chi connectivity index (χ0n) is 42.7. The lowest BCUT2D eigenvalue weighted by Crippen LogP contribution is -2.22. The van der Waals surface area contributed by atoms with Gasteiger partial charge in [-0.1, -0.05) is 128 Å². The first kappa shape index (κ1) is 70.7. The summed E-state index contributed by atoms with van der Waals surface area (Å²) in [6.07, 6.45) is 9.59. The average molecular weight is 1000 g/mol.